The van der Waals surface area contributed by atoms with E-state index in [1.807, 2.05) is 6.07 Å². The molecule has 0 aromatic heterocycles. The Labute approximate surface area is 138 Å². The first-order valence-electron chi connectivity index (χ1n) is 6.37. The second-order valence-corrected chi connectivity index (χ2v) is 5.24. The van der Waals surface area contributed by atoms with Crippen molar-refractivity contribution in [3.8, 4) is 6.07 Å². The predicted octanol–water partition coefficient (Wildman–Crippen LogP) is 4.62. The molecule has 2 aromatic carbocycles. The minimum Gasteiger partial charge on any atom is -0.458 e. The summed E-state index contributed by atoms with van der Waals surface area (Å²) in [5.41, 5.74) is 2.13. The quantitative estimate of drug-likeness (QED) is 0.606. The van der Waals surface area contributed by atoms with Gasteiger partial charge in [0.25, 0.3) is 0 Å². The van der Waals surface area contributed by atoms with Crippen LogP contribution in [0, 0.1) is 11.3 Å². The third-order valence-electron chi connectivity index (χ3n) is 2.82. The van der Waals surface area contributed by atoms with Crippen LogP contribution in [0.1, 0.15) is 16.7 Å². The van der Waals surface area contributed by atoms with Gasteiger partial charge in [-0.25, -0.2) is 4.79 Å². The summed E-state index contributed by atoms with van der Waals surface area (Å²) in [6.07, 6.45) is 2.92. The van der Waals surface area contributed by atoms with Crippen LogP contribution in [0.2, 0.25) is 10.0 Å². The summed E-state index contributed by atoms with van der Waals surface area (Å²) in [7, 11) is 0. The van der Waals surface area contributed by atoms with Gasteiger partial charge in [0.1, 0.15) is 6.61 Å². The maximum absolute atomic E-state index is 11.6. The van der Waals surface area contributed by atoms with Crippen LogP contribution in [0.4, 0.5) is 0 Å². The highest BCUT2D eigenvalue weighted by Crippen LogP contribution is 2.23. The van der Waals surface area contributed by atoms with Crippen molar-refractivity contribution in [2.24, 2.45) is 0 Å². The molecular weight excluding hydrogens is 321 g/mol. The van der Waals surface area contributed by atoms with Crippen molar-refractivity contribution in [2.75, 3.05) is 0 Å². The molecule has 0 N–H and O–H groups in total. The van der Waals surface area contributed by atoms with Gasteiger partial charge in [-0.15, -0.1) is 0 Å². The summed E-state index contributed by atoms with van der Waals surface area (Å²) in [6, 6.07) is 13.9. The number of nitrogens with zero attached hydrogens (tertiary/aromatic N) is 1. The van der Waals surface area contributed by atoms with E-state index >= 15 is 0 Å². The van der Waals surface area contributed by atoms with E-state index in [-0.39, 0.29) is 6.61 Å². The summed E-state index contributed by atoms with van der Waals surface area (Å²) < 4.78 is 5.11. The van der Waals surface area contributed by atoms with E-state index in [9.17, 15) is 4.79 Å². The molecule has 22 heavy (non-hydrogen) atoms. The van der Waals surface area contributed by atoms with Gasteiger partial charge in [0.2, 0.25) is 0 Å². The first-order chi connectivity index (χ1) is 10.6. The van der Waals surface area contributed by atoms with E-state index in [1.54, 1.807) is 48.5 Å². The van der Waals surface area contributed by atoms with Gasteiger partial charge in [0.15, 0.2) is 0 Å². The monoisotopic (exact) mass is 331 g/mol. The van der Waals surface area contributed by atoms with Gasteiger partial charge in [-0.2, -0.15) is 5.26 Å². The van der Waals surface area contributed by atoms with Crippen LogP contribution < -0.4 is 0 Å². The third kappa shape index (κ3) is 4.63. The second-order valence-electron chi connectivity index (χ2n) is 4.42. The number of rotatable bonds is 4. The first kappa shape index (κ1) is 16.1. The molecule has 2 aromatic rings. The Morgan fingerprint density at radius 3 is 2.50 bits per heavy atom. The zero-order valence-corrected chi connectivity index (χ0v) is 12.9. The second kappa shape index (κ2) is 7.65. The molecule has 3 nitrogen and oxygen atoms in total. The zero-order valence-electron chi connectivity index (χ0n) is 11.4. The number of ether oxygens (including phenoxy) is 1. The molecule has 0 heterocycles. The van der Waals surface area contributed by atoms with Gasteiger partial charge >= 0.3 is 5.97 Å². The predicted molar refractivity (Wildman–Crippen MR) is 86.4 cm³/mol. The first-order valence-corrected chi connectivity index (χ1v) is 7.13. The Bertz CT molecular complexity index is 746. The van der Waals surface area contributed by atoms with E-state index in [4.69, 9.17) is 33.2 Å². The van der Waals surface area contributed by atoms with Crippen LogP contribution in [-0.2, 0) is 16.1 Å². The Morgan fingerprint density at radius 1 is 1.14 bits per heavy atom. The van der Waals surface area contributed by atoms with Gasteiger partial charge in [0.05, 0.1) is 21.7 Å². The average Bonchev–Trinajstić information content (AvgIpc) is 2.54. The number of benzene rings is 2. The molecule has 0 spiro atoms. The molecule has 5 heteroatoms. The van der Waals surface area contributed by atoms with Crippen molar-refractivity contribution < 1.29 is 9.53 Å². The maximum atomic E-state index is 11.6. The van der Waals surface area contributed by atoms with Gasteiger partial charge in [-0.05, 0) is 41.5 Å². The van der Waals surface area contributed by atoms with Crippen LogP contribution in [-0.4, -0.2) is 5.97 Å². The van der Waals surface area contributed by atoms with Crippen molar-refractivity contribution in [2.45, 2.75) is 6.61 Å². The smallest absolute Gasteiger partial charge is 0.331 e. The Hall–Kier alpha value is -2.28. The summed E-state index contributed by atoms with van der Waals surface area (Å²) in [4.78, 5) is 11.6. The molecule has 0 atom stereocenters. The molecule has 0 aliphatic carbocycles. The lowest BCUT2D eigenvalue weighted by Crippen LogP contribution is -2.00. The number of carbonyl (C=O) groups excluding carboxylic acids is 1. The molecule has 0 bridgehead atoms. The van der Waals surface area contributed by atoms with Crippen LogP contribution in [0.5, 0.6) is 0 Å². The van der Waals surface area contributed by atoms with Gasteiger partial charge < -0.3 is 4.74 Å². The largest absolute Gasteiger partial charge is 0.458 e. The van der Waals surface area contributed by atoms with Crippen molar-refractivity contribution in [3.05, 3.63) is 75.3 Å². The average molecular weight is 332 g/mol. The SMILES string of the molecule is N#Cc1ccc(COC(=O)/C=C/c2ccc(Cl)c(Cl)c2)cc1. The van der Waals surface area contributed by atoms with Crippen molar-refractivity contribution >= 4 is 35.2 Å². The molecule has 0 aliphatic rings. The number of hydrogen-bond acceptors (Lipinski definition) is 3. The number of hydrogen-bond donors (Lipinski definition) is 0. The maximum Gasteiger partial charge on any atom is 0.331 e. The van der Waals surface area contributed by atoms with Gasteiger partial charge in [0, 0.05) is 6.08 Å². The van der Waals surface area contributed by atoms with Gasteiger partial charge in [-0.1, -0.05) is 41.4 Å². The molecule has 0 unspecified atom stereocenters. The highest BCUT2D eigenvalue weighted by molar-refractivity contribution is 6.42. The number of halogens is 2. The Kier molecular flexibility index (Phi) is 5.60. The van der Waals surface area contributed by atoms with Crippen molar-refractivity contribution in [3.63, 3.8) is 0 Å². The zero-order chi connectivity index (χ0) is 15.9. The topological polar surface area (TPSA) is 50.1 Å². The molecule has 0 saturated carbocycles. The van der Waals surface area contributed by atoms with E-state index in [0.29, 0.717) is 15.6 Å². The standard InChI is InChI=1S/C17H11Cl2NO2/c18-15-7-5-12(9-16(15)19)6-8-17(21)22-11-14-3-1-13(10-20)2-4-14/h1-9H,11H2/b8-6+. The minimum absolute atomic E-state index is 0.149. The fourth-order valence-corrected chi connectivity index (χ4v) is 1.96. The van der Waals surface area contributed by atoms with Crippen LogP contribution >= 0.6 is 23.2 Å². The van der Waals surface area contributed by atoms with Crippen molar-refractivity contribution in [1.82, 2.24) is 0 Å². The van der Waals surface area contributed by atoms with Gasteiger partial charge in [-0.3, -0.25) is 0 Å². The fourth-order valence-electron chi connectivity index (χ4n) is 1.66. The lowest BCUT2D eigenvalue weighted by Gasteiger charge is -2.02. The lowest BCUT2D eigenvalue weighted by atomic mass is 10.2. The highest BCUT2D eigenvalue weighted by Gasteiger charge is 2.01. The molecule has 0 amide bonds. The molecule has 0 saturated heterocycles. The van der Waals surface area contributed by atoms with Crippen molar-refractivity contribution in [1.29, 1.82) is 5.26 Å². The molecule has 0 radical (unpaired) electrons. The minimum atomic E-state index is -0.463. The molecular formula is C17H11Cl2NO2. The van der Waals surface area contributed by atoms with E-state index in [1.165, 1.54) is 6.08 Å². The van der Waals surface area contributed by atoms with Crippen LogP contribution in [0.15, 0.2) is 48.5 Å². The van der Waals surface area contributed by atoms with E-state index < -0.39 is 5.97 Å². The van der Waals surface area contributed by atoms with E-state index in [2.05, 4.69) is 0 Å². The Morgan fingerprint density at radius 2 is 1.86 bits per heavy atom. The number of esters is 1. The summed E-state index contributed by atoms with van der Waals surface area (Å²) in [5, 5.41) is 9.59. The van der Waals surface area contributed by atoms with Crippen LogP contribution in [0.3, 0.4) is 0 Å². The Balaban J connectivity index is 1.90. The molecule has 0 fully saturated rings. The summed E-state index contributed by atoms with van der Waals surface area (Å²) >= 11 is 11.7. The van der Waals surface area contributed by atoms with E-state index in [0.717, 1.165) is 11.1 Å². The number of nitriles is 1. The van der Waals surface area contributed by atoms with Crippen LogP contribution in [0.25, 0.3) is 6.08 Å². The molecule has 110 valence electrons. The fraction of sp³-hybridized carbons (Fsp3) is 0.0588. The molecule has 0 aliphatic heterocycles. The lowest BCUT2D eigenvalue weighted by molar-refractivity contribution is -0.138. The summed E-state index contributed by atoms with van der Waals surface area (Å²) in [6.45, 7) is 0.149. The highest BCUT2D eigenvalue weighted by atomic mass is 35.5. The normalized spacial score (nSPS) is 10.4. The molecule has 2 rings (SSSR count). The summed E-state index contributed by atoms with van der Waals surface area (Å²) in [5.74, 6) is -0.463. The third-order valence-corrected chi connectivity index (χ3v) is 3.56. The number of carbonyl (C=O) groups is 1.